The minimum absolute atomic E-state index is 0.0724. The zero-order chi connectivity index (χ0) is 15.3. The Morgan fingerprint density at radius 2 is 2.00 bits per heavy atom. The summed E-state index contributed by atoms with van der Waals surface area (Å²) in [6.07, 6.45) is 0.674. The maximum atomic E-state index is 11.9. The van der Waals surface area contributed by atoms with Gasteiger partial charge in [-0.3, -0.25) is 4.79 Å². The van der Waals surface area contributed by atoms with Crippen molar-refractivity contribution in [3.8, 4) is 0 Å². The van der Waals surface area contributed by atoms with Crippen molar-refractivity contribution < 1.29 is 24.2 Å². The van der Waals surface area contributed by atoms with Crippen LogP contribution in [0, 0.1) is 0 Å². The number of hydrogen-bond donors (Lipinski definition) is 2. The highest BCUT2D eigenvalue weighted by Crippen LogP contribution is 2.18. The van der Waals surface area contributed by atoms with E-state index >= 15 is 0 Å². The van der Waals surface area contributed by atoms with E-state index in [0.717, 1.165) is 0 Å². The van der Waals surface area contributed by atoms with E-state index in [1.54, 1.807) is 20.8 Å². The number of hydrogen-bond acceptors (Lipinski definition) is 4. The Morgan fingerprint density at radius 1 is 1.35 bits per heavy atom. The lowest BCUT2D eigenvalue weighted by molar-refractivity contribution is -0.148. The molecule has 1 rings (SSSR count). The van der Waals surface area contributed by atoms with E-state index in [0.29, 0.717) is 19.4 Å². The van der Waals surface area contributed by atoms with Gasteiger partial charge in [0, 0.05) is 19.5 Å². The zero-order valence-corrected chi connectivity index (χ0v) is 12.1. The van der Waals surface area contributed by atoms with Crippen LogP contribution < -0.4 is 5.32 Å². The number of ether oxygens (including phenoxy) is 1. The summed E-state index contributed by atoms with van der Waals surface area (Å²) in [6, 6.07) is -0.732. The summed E-state index contributed by atoms with van der Waals surface area (Å²) in [5.41, 5.74) is -0.586. The van der Waals surface area contributed by atoms with Crippen molar-refractivity contribution in [1.29, 1.82) is 0 Å². The minimum Gasteiger partial charge on any atom is -0.480 e. The number of carbonyl (C=O) groups is 3. The Kier molecular flexibility index (Phi) is 5.35. The molecule has 20 heavy (non-hydrogen) atoms. The molecule has 0 bridgehead atoms. The molecule has 0 unspecified atom stereocenters. The number of carboxylic acid groups (broad SMARTS) is 1. The van der Waals surface area contributed by atoms with Gasteiger partial charge in [-0.2, -0.15) is 0 Å². The van der Waals surface area contributed by atoms with Gasteiger partial charge < -0.3 is 20.1 Å². The molecule has 1 aliphatic rings. The molecular formula is C13H22N2O5. The van der Waals surface area contributed by atoms with Crippen molar-refractivity contribution in [1.82, 2.24) is 10.2 Å². The zero-order valence-electron chi connectivity index (χ0n) is 12.1. The molecule has 2 amide bonds. The van der Waals surface area contributed by atoms with Crippen molar-refractivity contribution >= 4 is 18.0 Å². The molecule has 1 aliphatic heterocycles. The van der Waals surface area contributed by atoms with Gasteiger partial charge in [-0.15, -0.1) is 0 Å². The summed E-state index contributed by atoms with van der Waals surface area (Å²) in [7, 11) is 0. The first-order valence-electron chi connectivity index (χ1n) is 6.70. The molecule has 1 fully saturated rings. The first-order valence-corrected chi connectivity index (χ1v) is 6.70. The third kappa shape index (κ3) is 5.07. The maximum Gasteiger partial charge on any atom is 0.407 e. The average Bonchev–Trinajstić information content (AvgIpc) is 2.74. The van der Waals surface area contributed by atoms with Crippen LogP contribution in [-0.4, -0.2) is 52.7 Å². The van der Waals surface area contributed by atoms with Gasteiger partial charge in [0.15, 0.2) is 0 Å². The number of nitrogens with zero attached hydrogens (tertiary/aromatic N) is 1. The van der Waals surface area contributed by atoms with Gasteiger partial charge in [-0.25, -0.2) is 9.59 Å². The minimum atomic E-state index is -0.976. The second kappa shape index (κ2) is 6.58. The largest absolute Gasteiger partial charge is 0.480 e. The molecule has 0 aromatic heterocycles. The standard InChI is InChI=1S/C13H22N2O5/c1-13(2,3)20-12(19)14-7-6-10(16)15-8-4-5-9(15)11(17)18/h9H,4-8H2,1-3H3,(H,14,19)(H,17,18)/t9-/m0/s1. The van der Waals surface area contributed by atoms with Crippen molar-refractivity contribution in [3.63, 3.8) is 0 Å². The topological polar surface area (TPSA) is 95.9 Å². The van der Waals surface area contributed by atoms with Gasteiger partial charge in [0.05, 0.1) is 0 Å². The Hall–Kier alpha value is -1.79. The molecular weight excluding hydrogens is 264 g/mol. The third-order valence-electron chi connectivity index (χ3n) is 2.87. The normalized spacial score (nSPS) is 18.8. The van der Waals surface area contributed by atoms with E-state index < -0.39 is 23.7 Å². The van der Waals surface area contributed by atoms with Crippen LogP contribution in [0.25, 0.3) is 0 Å². The fraction of sp³-hybridized carbons (Fsp3) is 0.769. The molecule has 114 valence electrons. The second-order valence-corrected chi connectivity index (χ2v) is 5.76. The van der Waals surface area contributed by atoms with Crippen LogP contribution in [0.5, 0.6) is 0 Å². The fourth-order valence-electron chi connectivity index (χ4n) is 2.05. The summed E-state index contributed by atoms with van der Waals surface area (Å²) in [6.45, 7) is 5.84. The number of nitrogens with one attached hydrogen (secondary N) is 1. The van der Waals surface area contributed by atoms with Crippen LogP contribution in [-0.2, 0) is 14.3 Å². The second-order valence-electron chi connectivity index (χ2n) is 5.76. The summed E-state index contributed by atoms with van der Waals surface area (Å²) in [4.78, 5) is 35.6. The number of carbonyl (C=O) groups excluding carboxylic acids is 2. The molecule has 0 aliphatic carbocycles. The number of aliphatic carboxylic acids is 1. The monoisotopic (exact) mass is 286 g/mol. The smallest absolute Gasteiger partial charge is 0.407 e. The van der Waals surface area contributed by atoms with Crippen LogP contribution in [0.4, 0.5) is 4.79 Å². The highest BCUT2D eigenvalue weighted by Gasteiger charge is 2.33. The van der Waals surface area contributed by atoms with Crippen molar-refractivity contribution in [2.24, 2.45) is 0 Å². The SMILES string of the molecule is CC(C)(C)OC(=O)NCCC(=O)N1CCC[C@H]1C(=O)O. The maximum absolute atomic E-state index is 11.9. The molecule has 2 N–H and O–H groups in total. The van der Waals surface area contributed by atoms with Gasteiger partial charge >= 0.3 is 12.1 Å². The lowest BCUT2D eigenvalue weighted by Gasteiger charge is -2.22. The van der Waals surface area contributed by atoms with E-state index in [-0.39, 0.29) is 18.9 Å². The van der Waals surface area contributed by atoms with Gasteiger partial charge in [0.25, 0.3) is 0 Å². The number of carboxylic acids is 1. The Morgan fingerprint density at radius 3 is 2.55 bits per heavy atom. The Balaban J connectivity index is 2.33. The molecule has 0 aromatic carbocycles. The molecule has 1 heterocycles. The quantitative estimate of drug-likeness (QED) is 0.803. The van der Waals surface area contributed by atoms with Crippen LogP contribution in [0.15, 0.2) is 0 Å². The summed E-state index contributed by atoms with van der Waals surface area (Å²) in [5.74, 6) is -1.23. The highest BCUT2D eigenvalue weighted by molar-refractivity contribution is 5.84. The van der Waals surface area contributed by atoms with Gasteiger partial charge in [0.1, 0.15) is 11.6 Å². The molecule has 7 nitrogen and oxygen atoms in total. The molecule has 0 aromatic rings. The Labute approximate surface area is 118 Å². The first-order chi connectivity index (χ1) is 9.20. The molecule has 7 heteroatoms. The van der Waals surface area contributed by atoms with Crippen molar-refractivity contribution in [3.05, 3.63) is 0 Å². The van der Waals surface area contributed by atoms with E-state index in [1.807, 2.05) is 0 Å². The van der Waals surface area contributed by atoms with E-state index in [2.05, 4.69) is 5.32 Å². The molecule has 0 radical (unpaired) electrons. The van der Waals surface area contributed by atoms with Gasteiger partial charge in [-0.05, 0) is 33.6 Å². The van der Waals surface area contributed by atoms with Crippen LogP contribution in [0.3, 0.4) is 0 Å². The van der Waals surface area contributed by atoms with E-state index in [9.17, 15) is 14.4 Å². The summed E-state index contributed by atoms with van der Waals surface area (Å²) >= 11 is 0. The predicted molar refractivity (Wildman–Crippen MR) is 71.2 cm³/mol. The molecule has 0 spiro atoms. The highest BCUT2D eigenvalue weighted by atomic mass is 16.6. The van der Waals surface area contributed by atoms with Gasteiger partial charge in [-0.1, -0.05) is 0 Å². The van der Waals surface area contributed by atoms with Crippen LogP contribution in [0.2, 0.25) is 0 Å². The first kappa shape index (κ1) is 16.3. The molecule has 1 atom stereocenters. The van der Waals surface area contributed by atoms with Crippen molar-refractivity contribution in [2.75, 3.05) is 13.1 Å². The van der Waals surface area contributed by atoms with Crippen LogP contribution in [0.1, 0.15) is 40.0 Å². The lowest BCUT2D eigenvalue weighted by Crippen LogP contribution is -2.42. The van der Waals surface area contributed by atoms with Gasteiger partial charge in [0.2, 0.25) is 5.91 Å². The molecule has 1 saturated heterocycles. The average molecular weight is 286 g/mol. The van der Waals surface area contributed by atoms with Crippen molar-refractivity contribution in [2.45, 2.75) is 51.7 Å². The number of rotatable bonds is 4. The van der Waals surface area contributed by atoms with E-state index in [4.69, 9.17) is 9.84 Å². The van der Waals surface area contributed by atoms with E-state index in [1.165, 1.54) is 4.90 Å². The number of alkyl carbamates (subject to hydrolysis) is 1. The Bertz CT molecular complexity index is 389. The number of amides is 2. The summed E-state index contributed by atoms with van der Waals surface area (Å²) < 4.78 is 5.04. The molecule has 0 saturated carbocycles. The third-order valence-corrected chi connectivity index (χ3v) is 2.87. The lowest BCUT2D eigenvalue weighted by atomic mass is 10.2. The van der Waals surface area contributed by atoms with Crippen LogP contribution >= 0.6 is 0 Å². The number of likely N-dealkylation sites (tertiary alicyclic amines) is 1. The predicted octanol–water partition coefficient (Wildman–Crippen LogP) is 0.977. The summed E-state index contributed by atoms with van der Waals surface area (Å²) in [5, 5.41) is 11.5. The fourth-order valence-corrected chi connectivity index (χ4v) is 2.05.